The van der Waals surface area contributed by atoms with Gasteiger partial charge < -0.3 is 10.5 Å². The lowest BCUT2D eigenvalue weighted by atomic mass is 9.55. The highest BCUT2D eigenvalue weighted by atomic mass is 16.5. The Morgan fingerprint density at radius 1 is 1.11 bits per heavy atom. The third kappa shape index (κ3) is 1.33. The minimum Gasteiger partial charge on any atom is -0.477 e. The molecule has 1 aromatic carbocycles. The van der Waals surface area contributed by atoms with Crippen LogP contribution < -0.4 is 10.5 Å². The molecule has 0 aliphatic carbocycles. The molecule has 2 N–H and O–H groups in total. The lowest BCUT2D eigenvalue weighted by molar-refractivity contribution is -0.152. The number of primary amides is 1. The van der Waals surface area contributed by atoms with Gasteiger partial charge in [0.2, 0.25) is 0 Å². The Balaban J connectivity index is 2.72. The fourth-order valence-electron chi connectivity index (χ4n) is 2.71. The summed E-state index contributed by atoms with van der Waals surface area (Å²) in [5.41, 5.74) is 5.10. The van der Waals surface area contributed by atoms with Gasteiger partial charge in [-0.25, -0.2) is 0 Å². The van der Waals surface area contributed by atoms with Gasteiger partial charge in [0.15, 0.2) is 5.60 Å². The van der Waals surface area contributed by atoms with E-state index in [0.717, 1.165) is 11.3 Å². The second-order valence-electron chi connectivity index (χ2n) is 6.25. The van der Waals surface area contributed by atoms with Gasteiger partial charge in [-0.1, -0.05) is 45.9 Å². The standard InChI is InChI=1S/C15H21NO2/c1-13(2)10-8-6-7-9-11(10)18-15(5,12(16)17)14(13,3)4/h6-9H,1-5H3,(H2,16,17). The fraction of sp³-hybridized carbons (Fsp3) is 0.533. The molecule has 3 nitrogen and oxygen atoms in total. The average molecular weight is 247 g/mol. The first-order valence-electron chi connectivity index (χ1n) is 6.23. The molecule has 1 unspecified atom stereocenters. The lowest BCUT2D eigenvalue weighted by Gasteiger charge is -2.55. The van der Waals surface area contributed by atoms with E-state index in [2.05, 4.69) is 19.9 Å². The van der Waals surface area contributed by atoms with Crippen LogP contribution in [-0.2, 0) is 10.2 Å². The third-order valence-corrected chi connectivity index (χ3v) is 5.10. The van der Waals surface area contributed by atoms with E-state index in [4.69, 9.17) is 10.5 Å². The summed E-state index contributed by atoms with van der Waals surface area (Å²) in [5, 5.41) is 0. The van der Waals surface area contributed by atoms with Crippen molar-refractivity contribution in [1.82, 2.24) is 0 Å². The smallest absolute Gasteiger partial charge is 0.261 e. The van der Waals surface area contributed by atoms with Crippen molar-refractivity contribution in [3.8, 4) is 5.75 Å². The van der Waals surface area contributed by atoms with Crippen molar-refractivity contribution in [3.05, 3.63) is 29.8 Å². The largest absolute Gasteiger partial charge is 0.477 e. The van der Waals surface area contributed by atoms with Crippen LogP contribution in [0.4, 0.5) is 0 Å². The Bertz CT molecular complexity index is 505. The molecule has 1 aliphatic rings. The minimum atomic E-state index is -1.01. The third-order valence-electron chi connectivity index (χ3n) is 5.10. The molecule has 1 atom stereocenters. The molecule has 0 bridgehead atoms. The quantitative estimate of drug-likeness (QED) is 0.829. The molecule has 0 aromatic heterocycles. The Hall–Kier alpha value is -1.51. The Kier molecular flexibility index (Phi) is 2.51. The van der Waals surface area contributed by atoms with Crippen LogP contribution in [0.25, 0.3) is 0 Å². The summed E-state index contributed by atoms with van der Waals surface area (Å²) >= 11 is 0. The zero-order valence-corrected chi connectivity index (χ0v) is 11.7. The van der Waals surface area contributed by atoms with Crippen molar-refractivity contribution >= 4 is 5.91 Å². The fourth-order valence-corrected chi connectivity index (χ4v) is 2.71. The maximum atomic E-state index is 11.9. The molecule has 3 heteroatoms. The summed E-state index contributed by atoms with van der Waals surface area (Å²) in [4.78, 5) is 11.9. The number of para-hydroxylation sites is 1. The molecular formula is C15H21NO2. The van der Waals surface area contributed by atoms with Crippen LogP contribution >= 0.6 is 0 Å². The van der Waals surface area contributed by atoms with E-state index in [-0.39, 0.29) is 5.41 Å². The van der Waals surface area contributed by atoms with Crippen molar-refractivity contribution in [2.75, 3.05) is 0 Å². The van der Waals surface area contributed by atoms with Crippen LogP contribution in [-0.4, -0.2) is 11.5 Å². The zero-order chi connectivity index (χ0) is 13.8. The van der Waals surface area contributed by atoms with Crippen molar-refractivity contribution in [3.63, 3.8) is 0 Å². The highest BCUT2D eigenvalue weighted by Gasteiger charge is 2.60. The van der Waals surface area contributed by atoms with Gasteiger partial charge in [-0.2, -0.15) is 0 Å². The SMILES string of the molecule is CC1(C(N)=O)Oc2ccccc2C(C)(C)C1(C)C. The highest BCUT2D eigenvalue weighted by Crippen LogP contribution is 2.55. The molecule has 1 aromatic rings. The number of hydrogen-bond donors (Lipinski definition) is 1. The molecule has 98 valence electrons. The number of fused-ring (bicyclic) bond motifs is 1. The highest BCUT2D eigenvalue weighted by molar-refractivity contribution is 5.85. The number of amides is 1. The molecule has 1 aliphatic heterocycles. The first-order valence-corrected chi connectivity index (χ1v) is 6.23. The molecule has 0 spiro atoms. The average Bonchev–Trinajstić information content (AvgIpc) is 2.27. The van der Waals surface area contributed by atoms with Gasteiger partial charge in [0, 0.05) is 16.4 Å². The van der Waals surface area contributed by atoms with Crippen molar-refractivity contribution in [2.45, 2.75) is 45.6 Å². The van der Waals surface area contributed by atoms with Crippen molar-refractivity contribution < 1.29 is 9.53 Å². The number of hydrogen-bond acceptors (Lipinski definition) is 2. The molecule has 0 radical (unpaired) electrons. The van der Waals surface area contributed by atoms with Crippen LogP contribution in [0.5, 0.6) is 5.75 Å². The second kappa shape index (κ2) is 3.50. The predicted octanol–water partition coefficient (Wildman–Crippen LogP) is 2.63. The van der Waals surface area contributed by atoms with Gasteiger partial charge in [0.25, 0.3) is 5.91 Å². The lowest BCUT2D eigenvalue weighted by Crippen LogP contribution is -2.65. The molecule has 18 heavy (non-hydrogen) atoms. The van der Waals surface area contributed by atoms with E-state index in [9.17, 15) is 4.79 Å². The monoisotopic (exact) mass is 247 g/mol. The van der Waals surface area contributed by atoms with E-state index in [1.807, 2.05) is 32.0 Å². The Labute approximate surface area is 108 Å². The molecule has 1 amide bonds. The number of carbonyl (C=O) groups is 1. The maximum absolute atomic E-state index is 11.9. The first-order chi connectivity index (χ1) is 8.14. The number of rotatable bonds is 1. The Morgan fingerprint density at radius 2 is 1.67 bits per heavy atom. The molecular weight excluding hydrogens is 226 g/mol. The number of nitrogens with two attached hydrogens (primary N) is 1. The predicted molar refractivity (Wildman–Crippen MR) is 71.5 cm³/mol. The zero-order valence-electron chi connectivity index (χ0n) is 11.7. The van der Waals surface area contributed by atoms with E-state index in [0.29, 0.717) is 0 Å². The van der Waals surface area contributed by atoms with Crippen LogP contribution in [0.15, 0.2) is 24.3 Å². The number of carbonyl (C=O) groups excluding carboxylic acids is 1. The van der Waals surface area contributed by atoms with E-state index < -0.39 is 16.9 Å². The summed E-state index contributed by atoms with van der Waals surface area (Å²) in [7, 11) is 0. The van der Waals surface area contributed by atoms with Crippen molar-refractivity contribution in [2.24, 2.45) is 11.1 Å². The number of benzene rings is 1. The van der Waals surface area contributed by atoms with Crippen LogP contribution in [0.2, 0.25) is 0 Å². The van der Waals surface area contributed by atoms with Gasteiger partial charge in [0.05, 0.1) is 0 Å². The summed E-state index contributed by atoms with van der Waals surface area (Å²) in [6, 6.07) is 7.85. The van der Waals surface area contributed by atoms with Gasteiger partial charge in [-0.15, -0.1) is 0 Å². The molecule has 0 saturated heterocycles. The van der Waals surface area contributed by atoms with Gasteiger partial charge in [-0.3, -0.25) is 4.79 Å². The summed E-state index contributed by atoms with van der Waals surface area (Å²) in [6.07, 6.45) is 0. The van der Waals surface area contributed by atoms with Gasteiger partial charge in [-0.05, 0) is 13.0 Å². The summed E-state index contributed by atoms with van der Waals surface area (Å²) in [6.45, 7) is 10.1. The van der Waals surface area contributed by atoms with E-state index in [1.165, 1.54) is 0 Å². The Morgan fingerprint density at radius 3 is 2.22 bits per heavy atom. The van der Waals surface area contributed by atoms with Crippen molar-refractivity contribution in [1.29, 1.82) is 0 Å². The van der Waals surface area contributed by atoms with Crippen LogP contribution in [0.3, 0.4) is 0 Å². The normalized spacial score (nSPS) is 28.1. The van der Waals surface area contributed by atoms with Crippen LogP contribution in [0.1, 0.15) is 40.2 Å². The summed E-state index contributed by atoms with van der Waals surface area (Å²) < 4.78 is 5.96. The van der Waals surface area contributed by atoms with E-state index in [1.54, 1.807) is 6.92 Å². The molecule has 0 saturated carbocycles. The van der Waals surface area contributed by atoms with Crippen LogP contribution in [0, 0.1) is 5.41 Å². The molecule has 0 fully saturated rings. The second-order valence-corrected chi connectivity index (χ2v) is 6.25. The van der Waals surface area contributed by atoms with Gasteiger partial charge in [0.1, 0.15) is 5.75 Å². The molecule has 2 rings (SSSR count). The number of ether oxygens (including phenoxy) is 1. The maximum Gasteiger partial charge on any atom is 0.261 e. The molecule has 1 heterocycles. The van der Waals surface area contributed by atoms with E-state index >= 15 is 0 Å². The topological polar surface area (TPSA) is 52.3 Å². The summed E-state index contributed by atoms with van der Waals surface area (Å²) in [5.74, 6) is 0.332. The van der Waals surface area contributed by atoms with Gasteiger partial charge >= 0.3 is 0 Å². The minimum absolute atomic E-state index is 0.203. The first kappa shape index (κ1) is 12.9.